The molecule has 2 fully saturated rings. The molecule has 224 valence electrons. The molecule has 2 aliphatic rings. The third-order valence-electron chi connectivity index (χ3n) is 8.80. The van der Waals surface area contributed by atoms with Crippen molar-refractivity contribution in [2.75, 3.05) is 13.6 Å². The van der Waals surface area contributed by atoms with Crippen LogP contribution in [0.5, 0.6) is 0 Å². The minimum atomic E-state index is -5.07. The van der Waals surface area contributed by atoms with Gasteiger partial charge in [0.25, 0.3) is 0 Å². The van der Waals surface area contributed by atoms with Crippen LogP contribution in [0.4, 0.5) is 35.5 Å². The number of nitrogens with one attached hydrogen (secondary N) is 2. The number of amides is 3. The van der Waals surface area contributed by atoms with Crippen LogP contribution in [0.1, 0.15) is 72.5 Å². The Hall–Kier alpha value is -3.19. The number of halogens is 7. The van der Waals surface area contributed by atoms with E-state index in [2.05, 4.69) is 10.6 Å². The predicted molar refractivity (Wildman–Crippen MR) is 136 cm³/mol. The molecule has 13 heteroatoms. The van der Waals surface area contributed by atoms with E-state index in [-0.39, 0.29) is 31.0 Å². The topological polar surface area (TPSA) is 84.2 Å². The number of nitrogens with two attached hydrogens (primary N) is 1. The molecule has 2 saturated heterocycles. The van der Waals surface area contributed by atoms with Crippen LogP contribution < -0.4 is 16.4 Å². The van der Waals surface area contributed by atoms with Crippen molar-refractivity contribution in [1.29, 1.82) is 0 Å². The van der Waals surface area contributed by atoms with Crippen LogP contribution in [0, 0.1) is 12.7 Å². The molecule has 1 spiro atoms. The second-order valence-electron chi connectivity index (χ2n) is 11.1. The Morgan fingerprint density at radius 2 is 1.66 bits per heavy atom. The number of hydrogen-bond donors (Lipinski definition) is 3. The zero-order valence-corrected chi connectivity index (χ0v) is 22.7. The molecule has 0 aliphatic carbocycles. The molecule has 2 heterocycles. The van der Waals surface area contributed by atoms with Gasteiger partial charge < -0.3 is 11.1 Å². The normalized spacial score (nSPS) is 27.6. The van der Waals surface area contributed by atoms with Crippen LogP contribution >= 0.6 is 0 Å². The molecular weight excluding hydrogens is 557 g/mol. The monoisotopic (exact) mass is 589 g/mol. The molecule has 2 aromatic carbocycles. The van der Waals surface area contributed by atoms with Crippen molar-refractivity contribution >= 4 is 11.9 Å². The van der Waals surface area contributed by atoms with Gasteiger partial charge in [-0.1, -0.05) is 0 Å². The number of quaternary nitrogens is 1. The number of alkyl halides is 6. The molecule has 3 amide bonds. The first-order valence-electron chi connectivity index (χ1n) is 13.2. The molecule has 4 N–H and O–H groups in total. The van der Waals surface area contributed by atoms with Crippen LogP contribution in [-0.2, 0) is 17.1 Å². The molecule has 5 atom stereocenters. The van der Waals surface area contributed by atoms with Crippen LogP contribution in [-0.4, -0.2) is 41.6 Å². The van der Waals surface area contributed by atoms with Gasteiger partial charge in [0.05, 0.1) is 23.7 Å². The lowest BCUT2D eigenvalue weighted by Gasteiger charge is -2.53. The fourth-order valence-corrected chi connectivity index (χ4v) is 6.64. The van der Waals surface area contributed by atoms with Crippen LogP contribution in [0.2, 0.25) is 0 Å². The first-order valence-corrected chi connectivity index (χ1v) is 13.2. The lowest BCUT2D eigenvalue weighted by atomic mass is 9.76. The molecule has 0 saturated carbocycles. The van der Waals surface area contributed by atoms with Crippen LogP contribution in [0.3, 0.4) is 0 Å². The van der Waals surface area contributed by atoms with E-state index in [9.17, 15) is 40.3 Å². The maximum atomic E-state index is 14.1. The van der Waals surface area contributed by atoms with Crippen molar-refractivity contribution in [3.8, 4) is 0 Å². The average molecular weight is 590 g/mol. The van der Waals surface area contributed by atoms with E-state index in [1.807, 2.05) is 0 Å². The van der Waals surface area contributed by atoms with Gasteiger partial charge in [-0.3, -0.25) is 10.1 Å². The third-order valence-corrected chi connectivity index (χ3v) is 8.80. The summed E-state index contributed by atoms with van der Waals surface area (Å²) in [6.07, 6.45) is -8.69. The summed E-state index contributed by atoms with van der Waals surface area (Å²) >= 11 is 0. The van der Waals surface area contributed by atoms with E-state index >= 15 is 0 Å². The quantitative estimate of drug-likeness (QED) is 0.307. The number of nitrogens with zero attached hydrogens (tertiary/aromatic N) is 1. The van der Waals surface area contributed by atoms with Crippen molar-refractivity contribution in [2.45, 2.75) is 75.5 Å². The van der Waals surface area contributed by atoms with Crippen molar-refractivity contribution in [1.82, 2.24) is 10.6 Å². The summed E-state index contributed by atoms with van der Waals surface area (Å²) in [5.41, 5.74) is 2.57. The Morgan fingerprint density at radius 1 is 1.05 bits per heavy atom. The van der Waals surface area contributed by atoms with Gasteiger partial charge in [-0.05, 0) is 68.7 Å². The first kappa shape index (κ1) is 30.8. The number of urea groups is 1. The molecule has 41 heavy (non-hydrogen) atoms. The van der Waals surface area contributed by atoms with Crippen LogP contribution in [0.15, 0.2) is 36.4 Å². The summed E-state index contributed by atoms with van der Waals surface area (Å²) in [6, 6.07) is 2.08. The fraction of sp³-hybridized carbons (Fsp3) is 0.500. The van der Waals surface area contributed by atoms with Gasteiger partial charge in [0.15, 0.2) is 0 Å². The zero-order chi connectivity index (χ0) is 30.5. The molecule has 2 aliphatic heterocycles. The summed E-state index contributed by atoms with van der Waals surface area (Å²) in [6.45, 7) is 3.07. The number of piperidine rings is 1. The number of likely N-dealkylation sites (tertiary alicyclic amines) is 1. The minimum absolute atomic E-state index is 0.0123. The predicted octanol–water partition coefficient (Wildman–Crippen LogP) is 5.90. The highest BCUT2D eigenvalue weighted by molar-refractivity contribution is 5.80. The summed E-state index contributed by atoms with van der Waals surface area (Å²) < 4.78 is 96.2. The first-order chi connectivity index (χ1) is 18.9. The molecule has 6 nitrogen and oxygen atoms in total. The Morgan fingerprint density at radius 3 is 2.15 bits per heavy atom. The third kappa shape index (κ3) is 5.66. The van der Waals surface area contributed by atoms with Crippen molar-refractivity contribution in [3.63, 3.8) is 0 Å². The lowest BCUT2D eigenvalue weighted by Crippen LogP contribution is -2.67. The molecule has 2 aromatic rings. The molecular formula is C28H32F7N4O2+. The molecule has 1 unspecified atom stereocenters. The van der Waals surface area contributed by atoms with Gasteiger partial charge in [-0.25, -0.2) is 13.7 Å². The number of carbonyl (C=O) groups is 2. The van der Waals surface area contributed by atoms with E-state index in [0.29, 0.717) is 36.1 Å². The second kappa shape index (κ2) is 10.6. The number of hydrogen-bond acceptors (Lipinski definition) is 3. The highest BCUT2D eigenvalue weighted by Crippen LogP contribution is 2.52. The number of carbonyl (C=O) groups excluding carboxylic acids is 2. The Bertz CT molecular complexity index is 1310. The van der Waals surface area contributed by atoms with Gasteiger partial charge in [0.2, 0.25) is 5.91 Å². The van der Waals surface area contributed by atoms with Gasteiger partial charge in [-0.15, -0.1) is 0 Å². The van der Waals surface area contributed by atoms with Gasteiger partial charge in [0, 0.05) is 36.6 Å². The summed E-state index contributed by atoms with van der Waals surface area (Å²) in [5, 5.41) is 5.85. The highest BCUT2D eigenvalue weighted by atomic mass is 19.4. The molecule has 0 aromatic heterocycles. The van der Waals surface area contributed by atoms with E-state index in [1.165, 1.54) is 32.2 Å². The van der Waals surface area contributed by atoms with Gasteiger partial charge >= 0.3 is 18.4 Å². The average Bonchev–Trinajstić information content (AvgIpc) is 3.30. The zero-order valence-electron chi connectivity index (χ0n) is 22.7. The summed E-state index contributed by atoms with van der Waals surface area (Å²) in [5.74, 6) is -1.09. The SMILES string of the molecule is CNC(=O)[N+]1([C@H](C)c2cc(C(F)(F)F)cc(C(F)(F)F)c2)CC[C@@]2(CC[C@H](C(N)=O)N2)C[C@@H]1c1ccc(F)cc1C. The van der Waals surface area contributed by atoms with Gasteiger partial charge in [0.1, 0.15) is 17.9 Å². The fourth-order valence-electron chi connectivity index (χ4n) is 6.64. The van der Waals surface area contributed by atoms with E-state index in [4.69, 9.17) is 5.73 Å². The van der Waals surface area contributed by atoms with Crippen molar-refractivity contribution in [3.05, 3.63) is 70.0 Å². The van der Waals surface area contributed by atoms with Crippen LogP contribution in [0.25, 0.3) is 0 Å². The van der Waals surface area contributed by atoms with Gasteiger partial charge in [-0.2, -0.15) is 26.3 Å². The maximum absolute atomic E-state index is 14.1. The maximum Gasteiger partial charge on any atom is 0.417 e. The Balaban J connectivity index is 1.93. The highest BCUT2D eigenvalue weighted by Gasteiger charge is 2.59. The number of benzene rings is 2. The van der Waals surface area contributed by atoms with Crippen molar-refractivity contribution < 1.29 is 44.8 Å². The lowest BCUT2D eigenvalue weighted by molar-refractivity contribution is -0.917. The van der Waals surface area contributed by atoms with E-state index < -0.39 is 69.4 Å². The van der Waals surface area contributed by atoms with E-state index in [0.717, 1.165) is 0 Å². The second-order valence-corrected chi connectivity index (χ2v) is 11.1. The summed E-state index contributed by atoms with van der Waals surface area (Å²) in [4.78, 5) is 25.8. The summed E-state index contributed by atoms with van der Waals surface area (Å²) in [7, 11) is 1.35. The Kier molecular flexibility index (Phi) is 7.93. The minimum Gasteiger partial charge on any atom is -0.368 e. The standard InChI is InChI=1S/C28H31F7N4O2/c1-15-10-20(29)4-5-21(15)23-14-26(7-6-22(38-26)24(36)40)8-9-39(23,25(41)37-3)16(2)17-11-18(27(30,31)32)13-19(12-17)28(33,34)35/h4-5,10-13,16,22-23,38H,6-9,14H2,1-3H3,(H2-,36,37,40,41)/p+1/t16-,22-,23-,26+,39?/m1/s1. The molecule has 0 bridgehead atoms. The number of rotatable bonds is 4. The van der Waals surface area contributed by atoms with Crippen molar-refractivity contribution in [2.24, 2.45) is 5.73 Å². The Labute approximate surface area is 232 Å². The number of aryl methyl sites for hydroxylation is 1. The largest absolute Gasteiger partial charge is 0.417 e. The molecule has 4 rings (SSSR count). The van der Waals surface area contributed by atoms with E-state index in [1.54, 1.807) is 6.92 Å². The number of primary amides is 1. The molecule has 0 radical (unpaired) electrons. The smallest absolute Gasteiger partial charge is 0.368 e.